The molecule has 4 rings (SSSR count). The Bertz CT molecular complexity index is 1170. The number of fused-ring (bicyclic) bond motifs is 1. The van der Waals surface area contributed by atoms with Gasteiger partial charge in [0.2, 0.25) is 0 Å². The van der Waals surface area contributed by atoms with Gasteiger partial charge >= 0.3 is 6.61 Å². The Balaban J connectivity index is 1.53. The highest BCUT2D eigenvalue weighted by Gasteiger charge is 2.23. The van der Waals surface area contributed by atoms with Crippen LogP contribution in [-0.2, 0) is 13.1 Å². The topological polar surface area (TPSA) is 114 Å². The Labute approximate surface area is 194 Å². The molecule has 3 N–H and O–H groups in total. The van der Waals surface area contributed by atoms with Crippen LogP contribution in [0.3, 0.4) is 0 Å². The van der Waals surface area contributed by atoms with Gasteiger partial charge in [-0.1, -0.05) is 17.3 Å². The normalized spacial score (nSPS) is 16.0. The maximum absolute atomic E-state index is 13.1. The third-order valence-electron chi connectivity index (χ3n) is 5.86. The van der Waals surface area contributed by atoms with Crippen molar-refractivity contribution in [2.45, 2.75) is 58.3 Å². The van der Waals surface area contributed by atoms with Gasteiger partial charge in [-0.2, -0.15) is 13.9 Å². The van der Waals surface area contributed by atoms with Crippen LogP contribution in [0, 0.1) is 0 Å². The van der Waals surface area contributed by atoms with E-state index in [1.165, 1.54) is 18.3 Å². The molecule has 0 radical (unpaired) electrons. The fourth-order valence-corrected chi connectivity index (χ4v) is 4.05. The number of carbonyl (C=O) groups is 1. The quantitative estimate of drug-likeness (QED) is 0.335. The molecule has 9 nitrogen and oxygen atoms in total. The van der Waals surface area contributed by atoms with E-state index in [1.54, 1.807) is 23.0 Å². The number of aromatic nitrogens is 3. The average Bonchev–Trinajstić information content (AvgIpc) is 3.27. The first-order valence-electron chi connectivity index (χ1n) is 11.1. The van der Waals surface area contributed by atoms with Crippen LogP contribution in [0.2, 0.25) is 0 Å². The minimum absolute atomic E-state index is 0.0565. The zero-order chi connectivity index (χ0) is 24.1. The van der Waals surface area contributed by atoms with Crippen molar-refractivity contribution in [2.75, 3.05) is 5.32 Å². The van der Waals surface area contributed by atoms with Crippen LogP contribution < -0.4 is 15.4 Å². The van der Waals surface area contributed by atoms with Crippen LogP contribution in [0.25, 0.3) is 11.0 Å². The summed E-state index contributed by atoms with van der Waals surface area (Å²) in [7, 11) is 0. The van der Waals surface area contributed by atoms with E-state index >= 15 is 0 Å². The number of hydrogen-bond donors (Lipinski definition) is 3. The summed E-state index contributed by atoms with van der Waals surface area (Å²) in [5, 5.41) is 23.8. The molecule has 0 aliphatic heterocycles. The molecule has 0 atom stereocenters. The molecule has 0 spiro atoms. The maximum atomic E-state index is 13.1. The van der Waals surface area contributed by atoms with Crippen LogP contribution in [0.1, 0.15) is 48.5 Å². The molecule has 0 unspecified atom stereocenters. The lowest BCUT2D eigenvalue weighted by atomic mass is 9.93. The first-order chi connectivity index (χ1) is 16.5. The van der Waals surface area contributed by atoms with Gasteiger partial charge in [0, 0.05) is 25.3 Å². The largest absolute Gasteiger partial charge is 0.435 e. The fraction of sp³-hybridized carbons (Fsp3) is 0.391. The Morgan fingerprint density at radius 3 is 2.65 bits per heavy atom. The van der Waals surface area contributed by atoms with Crippen LogP contribution in [0.4, 0.5) is 14.5 Å². The third kappa shape index (κ3) is 5.24. The Kier molecular flexibility index (Phi) is 7.19. The molecule has 0 bridgehead atoms. The van der Waals surface area contributed by atoms with Crippen molar-refractivity contribution in [3.05, 3.63) is 47.8 Å². The molecule has 0 saturated heterocycles. The van der Waals surface area contributed by atoms with Crippen molar-refractivity contribution in [3.63, 3.8) is 0 Å². The second-order valence-corrected chi connectivity index (χ2v) is 8.03. The molecule has 2 heterocycles. The number of amides is 1. The SMILES string of the molecule is CCn1ncc2c(NC3CCC(=NO)CC3)c(C(=O)NCc3ccc(OC(F)F)cc3)cnc21. The summed E-state index contributed by atoms with van der Waals surface area (Å²) in [6.07, 6.45) is 6.16. The summed E-state index contributed by atoms with van der Waals surface area (Å²) in [6, 6.07) is 6.20. The monoisotopic (exact) mass is 472 g/mol. The Hall–Kier alpha value is -3.76. The van der Waals surface area contributed by atoms with Gasteiger partial charge in [0.25, 0.3) is 5.91 Å². The maximum Gasteiger partial charge on any atom is 0.387 e. The number of benzene rings is 1. The Morgan fingerprint density at radius 2 is 2.00 bits per heavy atom. The minimum Gasteiger partial charge on any atom is -0.435 e. The summed E-state index contributed by atoms with van der Waals surface area (Å²) in [6.45, 7) is -0.0649. The molecule has 3 aromatic rings. The van der Waals surface area contributed by atoms with Gasteiger partial charge in [0.15, 0.2) is 5.65 Å². The molecular formula is C23H26F2N6O3. The number of hydrogen-bond acceptors (Lipinski definition) is 7. The predicted octanol–water partition coefficient (Wildman–Crippen LogP) is 4.17. The highest BCUT2D eigenvalue weighted by atomic mass is 19.3. The number of nitrogens with zero attached hydrogens (tertiary/aromatic N) is 4. The van der Waals surface area contributed by atoms with E-state index in [1.807, 2.05) is 6.92 Å². The number of aryl methyl sites for hydroxylation is 1. The summed E-state index contributed by atoms with van der Waals surface area (Å²) in [4.78, 5) is 17.6. The molecule has 1 aliphatic carbocycles. The van der Waals surface area contributed by atoms with Crippen LogP contribution in [-0.4, -0.2) is 44.2 Å². The fourth-order valence-electron chi connectivity index (χ4n) is 4.05. The highest BCUT2D eigenvalue weighted by Crippen LogP contribution is 2.29. The number of carbonyl (C=O) groups excluding carboxylic acids is 1. The summed E-state index contributed by atoms with van der Waals surface area (Å²) < 4.78 is 30.8. The van der Waals surface area contributed by atoms with Gasteiger partial charge in [-0.25, -0.2) is 9.67 Å². The van der Waals surface area contributed by atoms with Gasteiger partial charge in [0.05, 0.1) is 28.5 Å². The molecule has 180 valence electrons. The smallest absolute Gasteiger partial charge is 0.387 e. The number of halogens is 2. The van der Waals surface area contributed by atoms with Gasteiger partial charge < -0.3 is 20.6 Å². The summed E-state index contributed by atoms with van der Waals surface area (Å²) >= 11 is 0. The van der Waals surface area contributed by atoms with E-state index in [2.05, 4.69) is 30.6 Å². The number of nitrogens with one attached hydrogen (secondary N) is 2. The van der Waals surface area contributed by atoms with Crippen LogP contribution in [0.5, 0.6) is 5.75 Å². The lowest BCUT2D eigenvalue weighted by Gasteiger charge is -2.25. The van der Waals surface area contributed by atoms with Crippen LogP contribution >= 0.6 is 0 Å². The molecule has 34 heavy (non-hydrogen) atoms. The molecule has 2 aromatic heterocycles. The summed E-state index contributed by atoms with van der Waals surface area (Å²) in [5.74, 6) is -0.261. The first kappa shape index (κ1) is 23.4. The average molecular weight is 472 g/mol. The molecule has 1 aromatic carbocycles. The molecule has 1 saturated carbocycles. The number of pyridine rings is 1. The van der Waals surface area contributed by atoms with Crippen molar-refractivity contribution < 1.29 is 23.5 Å². The van der Waals surface area contributed by atoms with E-state index in [-0.39, 0.29) is 24.2 Å². The minimum atomic E-state index is -2.89. The van der Waals surface area contributed by atoms with E-state index < -0.39 is 6.61 Å². The highest BCUT2D eigenvalue weighted by molar-refractivity contribution is 6.06. The van der Waals surface area contributed by atoms with Gasteiger partial charge in [-0.3, -0.25) is 4.79 Å². The standard InChI is InChI=1S/C23H26F2N6O3/c1-2-31-21-18(13-28-31)20(29-15-5-7-16(30-33)8-6-15)19(12-26-21)22(32)27-11-14-3-9-17(10-4-14)34-23(24)25/h3-4,9-10,12-13,15,23,33H,2,5-8,11H2,1H3,(H,26,29)(H,27,32). The summed E-state index contributed by atoms with van der Waals surface area (Å²) in [5.41, 5.74) is 3.25. The lowest BCUT2D eigenvalue weighted by molar-refractivity contribution is -0.0498. The molecule has 1 aliphatic rings. The second-order valence-electron chi connectivity index (χ2n) is 8.03. The van der Waals surface area contributed by atoms with Crippen molar-refractivity contribution in [1.29, 1.82) is 0 Å². The van der Waals surface area contributed by atoms with Crippen molar-refractivity contribution in [3.8, 4) is 5.75 Å². The van der Waals surface area contributed by atoms with E-state index in [0.717, 1.165) is 29.5 Å². The molecule has 11 heteroatoms. The molecule has 1 amide bonds. The Morgan fingerprint density at radius 1 is 1.26 bits per heavy atom. The van der Waals surface area contributed by atoms with Crippen molar-refractivity contribution in [2.24, 2.45) is 5.16 Å². The zero-order valence-electron chi connectivity index (χ0n) is 18.7. The van der Waals surface area contributed by atoms with Crippen LogP contribution in [0.15, 0.2) is 41.8 Å². The van der Waals surface area contributed by atoms with Crippen molar-refractivity contribution >= 4 is 28.3 Å². The zero-order valence-corrected chi connectivity index (χ0v) is 18.7. The second kappa shape index (κ2) is 10.4. The third-order valence-corrected chi connectivity index (χ3v) is 5.86. The number of oxime groups is 1. The van der Waals surface area contributed by atoms with Gasteiger partial charge in [-0.15, -0.1) is 0 Å². The lowest BCUT2D eigenvalue weighted by Crippen LogP contribution is -2.29. The number of rotatable bonds is 8. The molecule has 1 fully saturated rings. The van der Waals surface area contributed by atoms with E-state index in [0.29, 0.717) is 36.3 Å². The predicted molar refractivity (Wildman–Crippen MR) is 123 cm³/mol. The number of anilines is 1. The van der Waals surface area contributed by atoms with E-state index in [4.69, 9.17) is 5.21 Å². The number of ether oxygens (including phenoxy) is 1. The van der Waals surface area contributed by atoms with Gasteiger partial charge in [-0.05, 0) is 50.3 Å². The van der Waals surface area contributed by atoms with E-state index in [9.17, 15) is 13.6 Å². The first-order valence-corrected chi connectivity index (χ1v) is 11.1. The van der Waals surface area contributed by atoms with Gasteiger partial charge in [0.1, 0.15) is 5.75 Å². The van der Waals surface area contributed by atoms with Crippen molar-refractivity contribution in [1.82, 2.24) is 20.1 Å². The number of alkyl halides is 2. The molecular weight excluding hydrogens is 446 g/mol.